The molecule has 0 bridgehead atoms. The molecule has 28 heavy (non-hydrogen) atoms. The number of hydrogen-bond acceptors (Lipinski definition) is 4. The standard InChI is InChI=1S/C18H21FN6O.2ClH/c19-12-2-3-15-16(8-12)23-17(22-15)4-5-18(26)21-10-13-9-14-11-20-6-1-7-25(14)24-13;;/h2-3,8-9,20H,1,4-7,10-11H2,(H,21,26)(H,22,23);2*1H. The van der Waals surface area contributed by atoms with Gasteiger partial charge in [0.05, 0.1) is 29.0 Å². The topological polar surface area (TPSA) is 87.6 Å². The van der Waals surface area contributed by atoms with E-state index in [1.807, 2.05) is 10.7 Å². The Bertz CT molecular complexity index is 918. The van der Waals surface area contributed by atoms with Gasteiger partial charge in [-0.15, -0.1) is 24.8 Å². The van der Waals surface area contributed by atoms with E-state index in [4.69, 9.17) is 0 Å². The van der Waals surface area contributed by atoms with E-state index in [0.29, 0.717) is 36.2 Å². The van der Waals surface area contributed by atoms with Crippen molar-refractivity contribution in [2.75, 3.05) is 6.54 Å². The van der Waals surface area contributed by atoms with Crippen molar-refractivity contribution in [3.05, 3.63) is 47.3 Å². The molecular weight excluding hydrogens is 406 g/mol. The van der Waals surface area contributed by atoms with Gasteiger partial charge in [-0.05, 0) is 37.2 Å². The number of nitrogens with zero attached hydrogens (tertiary/aromatic N) is 3. The van der Waals surface area contributed by atoms with E-state index >= 15 is 0 Å². The molecule has 10 heteroatoms. The van der Waals surface area contributed by atoms with Crippen LogP contribution in [0, 0.1) is 5.82 Å². The Kier molecular flexibility index (Phi) is 7.79. The molecule has 1 amide bonds. The summed E-state index contributed by atoms with van der Waals surface area (Å²) in [5.41, 5.74) is 3.38. The minimum atomic E-state index is -0.306. The first kappa shape index (κ1) is 22.1. The lowest BCUT2D eigenvalue weighted by Crippen LogP contribution is -2.23. The summed E-state index contributed by atoms with van der Waals surface area (Å²) in [7, 11) is 0. The Morgan fingerprint density at radius 2 is 2.14 bits per heavy atom. The van der Waals surface area contributed by atoms with Gasteiger partial charge in [0.25, 0.3) is 0 Å². The molecule has 0 aliphatic carbocycles. The lowest BCUT2D eigenvalue weighted by atomic mass is 10.2. The Balaban J connectivity index is 0.00000140. The highest BCUT2D eigenvalue weighted by Gasteiger charge is 2.12. The van der Waals surface area contributed by atoms with Crippen LogP contribution in [0.15, 0.2) is 24.3 Å². The van der Waals surface area contributed by atoms with Crippen LogP contribution in [-0.2, 0) is 30.8 Å². The molecule has 4 rings (SSSR count). The molecular formula is C18H23Cl2FN6O. The van der Waals surface area contributed by atoms with Crippen molar-refractivity contribution in [3.8, 4) is 0 Å². The van der Waals surface area contributed by atoms with Gasteiger partial charge in [0.2, 0.25) is 5.91 Å². The van der Waals surface area contributed by atoms with Crippen LogP contribution < -0.4 is 10.6 Å². The SMILES string of the molecule is Cl.Cl.O=C(CCc1nc2ccc(F)cc2[nH]1)NCc1cc2n(n1)CCCNC2. The van der Waals surface area contributed by atoms with Crippen LogP contribution in [0.2, 0.25) is 0 Å². The largest absolute Gasteiger partial charge is 0.350 e. The molecule has 2 aromatic heterocycles. The summed E-state index contributed by atoms with van der Waals surface area (Å²) >= 11 is 0. The van der Waals surface area contributed by atoms with Gasteiger partial charge in [0.15, 0.2) is 0 Å². The first-order chi connectivity index (χ1) is 12.7. The number of fused-ring (bicyclic) bond motifs is 2. The number of carbonyl (C=O) groups is 1. The first-order valence-electron chi connectivity index (χ1n) is 8.84. The Hall–Kier alpha value is -2.16. The fourth-order valence-corrected chi connectivity index (χ4v) is 3.17. The molecule has 0 spiro atoms. The van der Waals surface area contributed by atoms with Gasteiger partial charge in [0.1, 0.15) is 11.6 Å². The monoisotopic (exact) mass is 428 g/mol. The highest BCUT2D eigenvalue weighted by Crippen LogP contribution is 2.14. The number of nitrogens with one attached hydrogen (secondary N) is 3. The number of hydrogen-bond donors (Lipinski definition) is 3. The summed E-state index contributed by atoms with van der Waals surface area (Å²) in [5, 5.41) is 10.8. The second-order valence-electron chi connectivity index (χ2n) is 6.50. The zero-order valence-corrected chi connectivity index (χ0v) is 16.8. The third-order valence-corrected chi connectivity index (χ3v) is 4.49. The maximum Gasteiger partial charge on any atom is 0.220 e. The third kappa shape index (κ3) is 5.21. The molecule has 0 saturated heterocycles. The minimum Gasteiger partial charge on any atom is -0.350 e. The van der Waals surface area contributed by atoms with Crippen molar-refractivity contribution in [2.24, 2.45) is 0 Å². The van der Waals surface area contributed by atoms with E-state index in [-0.39, 0.29) is 36.5 Å². The quantitative estimate of drug-likeness (QED) is 0.582. The summed E-state index contributed by atoms with van der Waals surface area (Å²) in [5.74, 6) is 0.317. The highest BCUT2D eigenvalue weighted by atomic mass is 35.5. The summed E-state index contributed by atoms with van der Waals surface area (Å²) in [6.07, 6.45) is 1.85. The second kappa shape index (κ2) is 9.86. The third-order valence-electron chi connectivity index (χ3n) is 4.49. The minimum absolute atomic E-state index is 0. The number of aryl methyl sites for hydroxylation is 2. The van der Waals surface area contributed by atoms with Gasteiger partial charge in [-0.25, -0.2) is 9.37 Å². The van der Waals surface area contributed by atoms with E-state index in [9.17, 15) is 9.18 Å². The van der Waals surface area contributed by atoms with Crippen molar-refractivity contribution in [3.63, 3.8) is 0 Å². The average molecular weight is 429 g/mol. The molecule has 152 valence electrons. The van der Waals surface area contributed by atoms with Crippen LogP contribution in [-0.4, -0.2) is 32.2 Å². The highest BCUT2D eigenvalue weighted by molar-refractivity contribution is 5.85. The molecule has 0 unspecified atom stereocenters. The summed E-state index contributed by atoms with van der Waals surface area (Å²) < 4.78 is 15.2. The fraction of sp³-hybridized carbons (Fsp3) is 0.389. The lowest BCUT2D eigenvalue weighted by Gasteiger charge is -2.02. The predicted molar refractivity (Wildman–Crippen MR) is 109 cm³/mol. The van der Waals surface area contributed by atoms with E-state index < -0.39 is 0 Å². The Morgan fingerprint density at radius 3 is 3.00 bits per heavy atom. The van der Waals surface area contributed by atoms with E-state index in [2.05, 4.69) is 25.7 Å². The molecule has 0 radical (unpaired) electrons. The number of benzene rings is 1. The van der Waals surface area contributed by atoms with Crippen LogP contribution in [0.4, 0.5) is 4.39 Å². The number of aromatic amines is 1. The maximum absolute atomic E-state index is 13.2. The Morgan fingerprint density at radius 1 is 1.29 bits per heavy atom. The number of halogens is 3. The van der Waals surface area contributed by atoms with Crippen LogP contribution in [0.25, 0.3) is 11.0 Å². The average Bonchev–Trinajstić information content (AvgIpc) is 3.15. The van der Waals surface area contributed by atoms with Crippen LogP contribution >= 0.6 is 24.8 Å². The van der Waals surface area contributed by atoms with Gasteiger partial charge in [0, 0.05) is 25.9 Å². The van der Waals surface area contributed by atoms with Crippen LogP contribution in [0.5, 0.6) is 0 Å². The van der Waals surface area contributed by atoms with Crippen molar-refractivity contribution < 1.29 is 9.18 Å². The maximum atomic E-state index is 13.2. The lowest BCUT2D eigenvalue weighted by molar-refractivity contribution is -0.121. The molecule has 7 nitrogen and oxygen atoms in total. The van der Waals surface area contributed by atoms with E-state index in [1.165, 1.54) is 12.1 Å². The molecule has 3 N–H and O–H groups in total. The van der Waals surface area contributed by atoms with Crippen molar-refractivity contribution in [1.29, 1.82) is 0 Å². The number of carbonyl (C=O) groups excluding carboxylic acids is 1. The number of rotatable bonds is 5. The number of H-pyrrole nitrogens is 1. The normalized spacial score (nSPS) is 13.2. The van der Waals surface area contributed by atoms with Gasteiger partial charge in [-0.1, -0.05) is 0 Å². The van der Waals surface area contributed by atoms with Crippen molar-refractivity contribution in [1.82, 2.24) is 30.4 Å². The molecule has 1 aliphatic heterocycles. The molecule has 0 atom stereocenters. The number of amides is 1. The van der Waals surface area contributed by atoms with Gasteiger partial charge in [-0.3, -0.25) is 9.48 Å². The van der Waals surface area contributed by atoms with Gasteiger partial charge >= 0.3 is 0 Å². The zero-order valence-electron chi connectivity index (χ0n) is 15.2. The zero-order chi connectivity index (χ0) is 17.9. The van der Waals surface area contributed by atoms with Crippen LogP contribution in [0.1, 0.15) is 30.1 Å². The number of aromatic nitrogens is 4. The summed E-state index contributed by atoms with van der Waals surface area (Å²) in [4.78, 5) is 19.5. The van der Waals surface area contributed by atoms with E-state index in [1.54, 1.807) is 6.07 Å². The predicted octanol–water partition coefficient (Wildman–Crippen LogP) is 2.48. The number of imidazole rings is 1. The molecule has 0 saturated carbocycles. The molecule has 0 fully saturated rings. The van der Waals surface area contributed by atoms with Gasteiger partial charge in [-0.2, -0.15) is 5.10 Å². The first-order valence-corrected chi connectivity index (χ1v) is 8.84. The van der Waals surface area contributed by atoms with Crippen molar-refractivity contribution in [2.45, 2.75) is 38.9 Å². The second-order valence-corrected chi connectivity index (χ2v) is 6.50. The molecule has 3 heterocycles. The van der Waals surface area contributed by atoms with E-state index in [0.717, 1.165) is 37.4 Å². The molecule has 1 aromatic carbocycles. The Labute approximate surface area is 174 Å². The molecule has 3 aromatic rings. The van der Waals surface area contributed by atoms with Crippen molar-refractivity contribution >= 4 is 41.8 Å². The molecule has 1 aliphatic rings. The van der Waals surface area contributed by atoms with Crippen LogP contribution in [0.3, 0.4) is 0 Å². The van der Waals surface area contributed by atoms with Gasteiger partial charge < -0.3 is 15.6 Å². The summed E-state index contributed by atoms with van der Waals surface area (Å²) in [6.45, 7) is 3.14. The summed E-state index contributed by atoms with van der Waals surface area (Å²) in [6, 6.07) is 6.44. The fourth-order valence-electron chi connectivity index (χ4n) is 3.17. The smallest absolute Gasteiger partial charge is 0.220 e.